The van der Waals surface area contributed by atoms with Crippen molar-refractivity contribution in [3.8, 4) is 0 Å². The molecule has 1 aliphatic carbocycles. The third-order valence-electron chi connectivity index (χ3n) is 4.27. The van der Waals surface area contributed by atoms with E-state index in [0.717, 1.165) is 25.7 Å². The number of nitrogens with two attached hydrogens (primary N) is 1. The van der Waals surface area contributed by atoms with Gasteiger partial charge in [-0.2, -0.15) is 0 Å². The summed E-state index contributed by atoms with van der Waals surface area (Å²) in [5.41, 5.74) is 6.34. The van der Waals surface area contributed by atoms with E-state index < -0.39 is 6.10 Å². The van der Waals surface area contributed by atoms with Crippen molar-refractivity contribution in [2.24, 2.45) is 10.9 Å². The standard InChI is InChI=1S/C17H24FN3O2/c1-12(17(22)21(2)15-6-4-3-5-7-15)23-20-16(19)13-8-10-14(18)11-9-13/h8-12,15H,3-7H2,1-2H3,(H2,19,20). The Balaban J connectivity index is 1.92. The fourth-order valence-electron chi connectivity index (χ4n) is 2.79. The number of oxime groups is 1. The van der Waals surface area contributed by atoms with Gasteiger partial charge in [0.1, 0.15) is 5.82 Å². The van der Waals surface area contributed by atoms with Crippen LogP contribution >= 0.6 is 0 Å². The Labute approximate surface area is 136 Å². The van der Waals surface area contributed by atoms with Gasteiger partial charge in [-0.15, -0.1) is 0 Å². The van der Waals surface area contributed by atoms with E-state index in [1.165, 1.54) is 30.7 Å². The molecule has 1 saturated carbocycles. The lowest BCUT2D eigenvalue weighted by molar-refractivity contribution is -0.144. The molecule has 2 N–H and O–H groups in total. The van der Waals surface area contributed by atoms with Crippen molar-refractivity contribution in [2.45, 2.75) is 51.2 Å². The largest absolute Gasteiger partial charge is 0.381 e. The Hall–Kier alpha value is -2.11. The zero-order valence-corrected chi connectivity index (χ0v) is 13.7. The number of hydrogen-bond acceptors (Lipinski definition) is 3. The van der Waals surface area contributed by atoms with Gasteiger partial charge in [-0.25, -0.2) is 4.39 Å². The van der Waals surface area contributed by atoms with Crippen LogP contribution in [0.4, 0.5) is 4.39 Å². The van der Waals surface area contributed by atoms with Gasteiger partial charge < -0.3 is 15.5 Å². The monoisotopic (exact) mass is 321 g/mol. The number of benzene rings is 1. The number of carbonyl (C=O) groups is 1. The highest BCUT2D eigenvalue weighted by molar-refractivity contribution is 5.97. The molecule has 1 aromatic carbocycles. The molecule has 0 heterocycles. The molecule has 0 saturated heterocycles. The van der Waals surface area contributed by atoms with Crippen molar-refractivity contribution in [3.63, 3.8) is 0 Å². The third kappa shape index (κ3) is 4.68. The van der Waals surface area contributed by atoms with E-state index >= 15 is 0 Å². The summed E-state index contributed by atoms with van der Waals surface area (Å²) in [6.07, 6.45) is 4.93. The van der Waals surface area contributed by atoms with Crippen molar-refractivity contribution in [1.29, 1.82) is 0 Å². The van der Waals surface area contributed by atoms with Crippen LogP contribution in [-0.4, -0.2) is 35.8 Å². The Morgan fingerprint density at radius 2 is 1.91 bits per heavy atom. The summed E-state index contributed by atoms with van der Waals surface area (Å²) >= 11 is 0. The Bertz CT molecular complexity index is 553. The first kappa shape index (κ1) is 17.2. The molecule has 1 unspecified atom stereocenters. The molecular weight excluding hydrogens is 297 g/mol. The van der Waals surface area contributed by atoms with Crippen molar-refractivity contribution < 1.29 is 14.0 Å². The minimum atomic E-state index is -0.707. The number of halogens is 1. The molecule has 6 heteroatoms. The summed E-state index contributed by atoms with van der Waals surface area (Å²) in [7, 11) is 1.81. The van der Waals surface area contributed by atoms with Gasteiger partial charge in [-0.3, -0.25) is 4.79 Å². The van der Waals surface area contributed by atoms with Crippen LogP contribution in [0.15, 0.2) is 29.4 Å². The van der Waals surface area contributed by atoms with Crippen molar-refractivity contribution in [2.75, 3.05) is 7.05 Å². The lowest BCUT2D eigenvalue weighted by Crippen LogP contribution is -2.43. The molecule has 1 aromatic rings. The predicted octanol–water partition coefficient (Wildman–Crippen LogP) is 2.64. The van der Waals surface area contributed by atoms with Gasteiger partial charge >= 0.3 is 0 Å². The van der Waals surface area contributed by atoms with Gasteiger partial charge in [0.05, 0.1) is 0 Å². The van der Waals surface area contributed by atoms with Crippen molar-refractivity contribution in [3.05, 3.63) is 35.6 Å². The normalized spacial score (nSPS) is 17.6. The second kappa shape index (κ2) is 7.94. The van der Waals surface area contributed by atoms with Gasteiger partial charge in [0.25, 0.3) is 5.91 Å². The maximum Gasteiger partial charge on any atom is 0.266 e. The Morgan fingerprint density at radius 3 is 2.52 bits per heavy atom. The van der Waals surface area contributed by atoms with Crippen LogP contribution in [0.3, 0.4) is 0 Å². The zero-order chi connectivity index (χ0) is 16.8. The average Bonchev–Trinajstić information content (AvgIpc) is 2.59. The second-order valence-electron chi connectivity index (χ2n) is 5.97. The van der Waals surface area contributed by atoms with E-state index in [1.54, 1.807) is 11.8 Å². The molecule has 126 valence electrons. The minimum Gasteiger partial charge on any atom is -0.381 e. The molecule has 5 nitrogen and oxygen atoms in total. The summed E-state index contributed by atoms with van der Waals surface area (Å²) in [5.74, 6) is -0.336. The van der Waals surface area contributed by atoms with Crippen LogP contribution < -0.4 is 5.73 Å². The van der Waals surface area contributed by atoms with Gasteiger partial charge in [0.2, 0.25) is 6.10 Å². The first-order valence-corrected chi connectivity index (χ1v) is 8.01. The van der Waals surface area contributed by atoms with E-state index in [4.69, 9.17) is 10.6 Å². The Morgan fingerprint density at radius 1 is 1.30 bits per heavy atom. The summed E-state index contributed by atoms with van der Waals surface area (Å²) in [6.45, 7) is 1.66. The fourth-order valence-corrected chi connectivity index (χ4v) is 2.79. The number of amidine groups is 1. The van der Waals surface area contributed by atoms with Crippen LogP contribution in [-0.2, 0) is 9.63 Å². The van der Waals surface area contributed by atoms with Crippen molar-refractivity contribution >= 4 is 11.7 Å². The number of hydrogen-bond donors (Lipinski definition) is 1. The van der Waals surface area contributed by atoms with Gasteiger partial charge in [0, 0.05) is 18.7 Å². The van der Waals surface area contributed by atoms with E-state index in [-0.39, 0.29) is 23.6 Å². The van der Waals surface area contributed by atoms with Gasteiger partial charge in [0.15, 0.2) is 5.84 Å². The average molecular weight is 321 g/mol. The van der Waals surface area contributed by atoms with E-state index in [9.17, 15) is 9.18 Å². The summed E-state index contributed by atoms with van der Waals surface area (Å²) in [5, 5.41) is 3.80. The highest BCUT2D eigenvalue weighted by Crippen LogP contribution is 2.22. The van der Waals surface area contributed by atoms with Crippen LogP contribution in [0.2, 0.25) is 0 Å². The molecule has 0 aliphatic heterocycles. The summed E-state index contributed by atoms with van der Waals surface area (Å²) in [6, 6.07) is 5.89. The molecule has 0 spiro atoms. The molecule has 1 aliphatic rings. The quantitative estimate of drug-likeness (QED) is 0.515. The maximum atomic E-state index is 12.9. The summed E-state index contributed by atoms with van der Waals surface area (Å²) < 4.78 is 12.9. The number of nitrogens with zero attached hydrogens (tertiary/aromatic N) is 2. The number of amides is 1. The first-order valence-electron chi connectivity index (χ1n) is 8.01. The lowest BCUT2D eigenvalue weighted by atomic mass is 9.94. The van der Waals surface area contributed by atoms with Gasteiger partial charge in [-0.1, -0.05) is 24.4 Å². The van der Waals surface area contributed by atoms with E-state index in [1.807, 2.05) is 7.05 Å². The molecule has 1 amide bonds. The minimum absolute atomic E-state index is 0.104. The topological polar surface area (TPSA) is 67.9 Å². The van der Waals surface area contributed by atoms with Crippen LogP contribution in [0.25, 0.3) is 0 Å². The SMILES string of the molecule is CC(ON=C(N)c1ccc(F)cc1)C(=O)N(C)C1CCCCC1. The third-order valence-corrected chi connectivity index (χ3v) is 4.27. The molecule has 1 atom stereocenters. The summed E-state index contributed by atoms with van der Waals surface area (Å²) in [4.78, 5) is 19.4. The maximum absolute atomic E-state index is 12.9. The molecule has 23 heavy (non-hydrogen) atoms. The Kier molecular flexibility index (Phi) is 5.96. The molecule has 0 aromatic heterocycles. The van der Waals surface area contributed by atoms with Crippen LogP contribution in [0.5, 0.6) is 0 Å². The van der Waals surface area contributed by atoms with Crippen LogP contribution in [0, 0.1) is 5.82 Å². The highest BCUT2D eigenvalue weighted by Gasteiger charge is 2.26. The molecule has 0 radical (unpaired) electrons. The second-order valence-corrected chi connectivity index (χ2v) is 5.97. The molecule has 1 fully saturated rings. The van der Waals surface area contributed by atoms with Crippen molar-refractivity contribution in [1.82, 2.24) is 4.90 Å². The number of likely N-dealkylation sites (N-methyl/N-ethyl adjacent to an activating group) is 1. The molecule has 2 rings (SSSR count). The highest BCUT2D eigenvalue weighted by atomic mass is 19.1. The van der Waals surface area contributed by atoms with E-state index in [2.05, 4.69) is 5.16 Å². The number of carbonyl (C=O) groups excluding carboxylic acids is 1. The smallest absolute Gasteiger partial charge is 0.266 e. The fraction of sp³-hybridized carbons (Fsp3) is 0.529. The predicted molar refractivity (Wildman–Crippen MR) is 87.3 cm³/mol. The molecule has 0 bridgehead atoms. The lowest BCUT2D eigenvalue weighted by Gasteiger charge is -2.32. The zero-order valence-electron chi connectivity index (χ0n) is 13.7. The molecular formula is C17H24FN3O2. The van der Waals surface area contributed by atoms with E-state index in [0.29, 0.717) is 5.56 Å². The first-order chi connectivity index (χ1) is 11.0. The number of rotatable bonds is 5. The van der Waals surface area contributed by atoms with Gasteiger partial charge in [-0.05, 0) is 44.0 Å². The van der Waals surface area contributed by atoms with Crippen LogP contribution in [0.1, 0.15) is 44.6 Å².